The molecule has 1 aromatic heterocycles. The van der Waals surface area contributed by atoms with Crippen molar-refractivity contribution in [1.82, 2.24) is 15.1 Å². The van der Waals surface area contributed by atoms with E-state index in [1.165, 1.54) is 6.07 Å². The summed E-state index contributed by atoms with van der Waals surface area (Å²) in [5, 5.41) is 17.3. The van der Waals surface area contributed by atoms with Crippen LogP contribution in [0.25, 0.3) is 5.69 Å². The van der Waals surface area contributed by atoms with E-state index >= 15 is 0 Å². The summed E-state index contributed by atoms with van der Waals surface area (Å²) in [4.78, 5) is 0. The number of aliphatic hydroxyl groups excluding tert-OH is 1. The Kier molecular flexibility index (Phi) is 4.98. The zero-order valence-corrected chi connectivity index (χ0v) is 12.9. The minimum Gasteiger partial charge on any atom is -0.387 e. The Hall–Kier alpha value is -2.57. The molecule has 0 aliphatic heterocycles. The molecule has 0 bridgehead atoms. The number of hydrogen-bond donors (Lipinski definition) is 2. The van der Waals surface area contributed by atoms with Crippen molar-refractivity contribution in [3.05, 3.63) is 83.7 Å². The highest BCUT2D eigenvalue weighted by Gasteiger charge is 2.17. The first-order valence-electron chi connectivity index (χ1n) is 7.58. The third-order valence-corrected chi connectivity index (χ3v) is 3.64. The predicted molar refractivity (Wildman–Crippen MR) is 86.6 cm³/mol. The largest absolute Gasteiger partial charge is 0.387 e. The van der Waals surface area contributed by atoms with Crippen LogP contribution in [0.2, 0.25) is 0 Å². The van der Waals surface area contributed by atoms with Crippen molar-refractivity contribution < 1.29 is 13.9 Å². The molecule has 4 nitrogen and oxygen atoms in total. The van der Waals surface area contributed by atoms with Gasteiger partial charge in [0.15, 0.2) is 0 Å². The Bertz CT molecular complexity index is 785. The van der Waals surface area contributed by atoms with Crippen molar-refractivity contribution in [2.75, 3.05) is 6.54 Å². The van der Waals surface area contributed by atoms with Gasteiger partial charge in [-0.2, -0.15) is 5.10 Å². The smallest absolute Gasteiger partial charge is 0.131 e. The van der Waals surface area contributed by atoms with Gasteiger partial charge in [0.05, 0.1) is 23.0 Å². The van der Waals surface area contributed by atoms with Gasteiger partial charge in [0.1, 0.15) is 11.6 Å². The number of halogens is 2. The molecular formula is C18H17F2N3O. The first kappa shape index (κ1) is 16.3. The van der Waals surface area contributed by atoms with E-state index in [0.29, 0.717) is 6.54 Å². The third kappa shape index (κ3) is 3.67. The van der Waals surface area contributed by atoms with Crippen LogP contribution in [0.1, 0.15) is 17.4 Å². The number of benzene rings is 2. The number of aliphatic hydroxyl groups is 1. The second kappa shape index (κ2) is 7.33. The molecular weight excluding hydrogens is 312 g/mol. The second-order valence-corrected chi connectivity index (χ2v) is 5.37. The van der Waals surface area contributed by atoms with Crippen molar-refractivity contribution in [3.8, 4) is 5.69 Å². The van der Waals surface area contributed by atoms with Gasteiger partial charge in [-0.1, -0.05) is 24.3 Å². The zero-order chi connectivity index (χ0) is 16.9. The van der Waals surface area contributed by atoms with Crippen LogP contribution in [-0.4, -0.2) is 21.4 Å². The minimum absolute atomic E-state index is 0.0239. The average Bonchev–Trinajstić information content (AvgIpc) is 3.04. The molecule has 0 saturated carbocycles. The van der Waals surface area contributed by atoms with E-state index in [1.54, 1.807) is 4.68 Å². The Morgan fingerprint density at radius 2 is 1.71 bits per heavy atom. The lowest BCUT2D eigenvalue weighted by molar-refractivity contribution is 0.164. The van der Waals surface area contributed by atoms with E-state index in [1.807, 2.05) is 42.6 Å². The molecule has 2 aromatic carbocycles. The molecule has 0 amide bonds. The molecule has 0 aliphatic carbocycles. The Balaban J connectivity index is 1.58. The number of rotatable bonds is 6. The fraction of sp³-hybridized carbons (Fsp3) is 0.167. The zero-order valence-electron chi connectivity index (χ0n) is 12.9. The first-order valence-corrected chi connectivity index (χ1v) is 7.58. The molecule has 3 aromatic rings. The molecule has 1 unspecified atom stereocenters. The van der Waals surface area contributed by atoms with Gasteiger partial charge in [0.25, 0.3) is 0 Å². The molecule has 2 N–H and O–H groups in total. The maximum Gasteiger partial charge on any atom is 0.131 e. The maximum absolute atomic E-state index is 13.6. The van der Waals surface area contributed by atoms with E-state index in [9.17, 15) is 13.9 Å². The van der Waals surface area contributed by atoms with Gasteiger partial charge in [0, 0.05) is 19.3 Å². The fourth-order valence-corrected chi connectivity index (χ4v) is 2.45. The van der Waals surface area contributed by atoms with Crippen LogP contribution in [0.3, 0.4) is 0 Å². The molecule has 0 radical (unpaired) electrons. The molecule has 0 saturated heterocycles. The molecule has 24 heavy (non-hydrogen) atoms. The maximum atomic E-state index is 13.6. The van der Waals surface area contributed by atoms with Crippen LogP contribution in [0.5, 0.6) is 0 Å². The van der Waals surface area contributed by atoms with Crippen molar-refractivity contribution >= 4 is 0 Å². The summed E-state index contributed by atoms with van der Waals surface area (Å²) in [6, 6.07) is 15.0. The lowest BCUT2D eigenvalue weighted by Crippen LogP contribution is -2.22. The highest BCUT2D eigenvalue weighted by atomic mass is 19.1. The van der Waals surface area contributed by atoms with Gasteiger partial charge < -0.3 is 10.4 Å². The third-order valence-electron chi connectivity index (χ3n) is 3.64. The molecule has 1 atom stereocenters. The van der Waals surface area contributed by atoms with Crippen LogP contribution in [-0.2, 0) is 6.54 Å². The quantitative estimate of drug-likeness (QED) is 0.731. The summed E-state index contributed by atoms with van der Waals surface area (Å²) in [5.41, 5.74) is 1.39. The highest BCUT2D eigenvalue weighted by Crippen LogP contribution is 2.20. The Labute approximate surface area is 138 Å². The molecule has 6 heteroatoms. The summed E-state index contributed by atoms with van der Waals surface area (Å²) in [5.74, 6) is -1.50. The van der Waals surface area contributed by atoms with Crippen LogP contribution in [0.15, 0.2) is 60.8 Å². The van der Waals surface area contributed by atoms with Gasteiger partial charge >= 0.3 is 0 Å². The van der Waals surface area contributed by atoms with Gasteiger partial charge in [-0.3, -0.25) is 0 Å². The fourth-order valence-electron chi connectivity index (χ4n) is 2.45. The summed E-state index contributed by atoms with van der Waals surface area (Å²) in [6.07, 6.45) is 0.571. The van der Waals surface area contributed by atoms with Crippen LogP contribution in [0, 0.1) is 11.6 Å². The van der Waals surface area contributed by atoms with E-state index < -0.39 is 17.7 Å². The second-order valence-electron chi connectivity index (χ2n) is 5.37. The van der Waals surface area contributed by atoms with Gasteiger partial charge in [-0.15, -0.1) is 0 Å². The van der Waals surface area contributed by atoms with Gasteiger partial charge in [-0.05, 0) is 30.3 Å². The number of hydrogen-bond acceptors (Lipinski definition) is 3. The standard InChI is InChI=1S/C18H17F2N3O/c19-15-7-4-8-16(20)18(15)17(24)12-21-11-13-9-10-23(22-13)14-5-2-1-3-6-14/h1-10,17,21,24H,11-12H2. The van der Waals surface area contributed by atoms with Gasteiger partial charge in [-0.25, -0.2) is 13.5 Å². The summed E-state index contributed by atoms with van der Waals surface area (Å²) >= 11 is 0. The summed E-state index contributed by atoms with van der Waals surface area (Å²) in [7, 11) is 0. The molecule has 0 aliphatic rings. The van der Waals surface area contributed by atoms with Gasteiger partial charge in [0.2, 0.25) is 0 Å². The number of para-hydroxylation sites is 1. The molecule has 1 heterocycles. The lowest BCUT2D eigenvalue weighted by Gasteiger charge is -2.13. The summed E-state index contributed by atoms with van der Waals surface area (Å²) in [6.45, 7) is 0.406. The number of aromatic nitrogens is 2. The minimum atomic E-state index is -1.26. The molecule has 3 rings (SSSR count). The lowest BCUT2D eigenvalue weighted by atomic mass is 10.1. The topological polar surface area (TPSA) is 50.1 Å². The Morgan fingerprint density at radius 3 is 2.42 bits per heavy atom. The number of nitrogens with one attached hydrogen (secondary N) is 1. The van der Waals surface area contributed by atoms with E-state index in [0.717, 1.165) is 23.5 Å². The van der Waals surface area contributed by atoms with E-state index in [4.69, 9.17) is 0 Å². The highest BCUT2D eigenvalue weighted by molar-refractivity contribution is 5.30. The van der Waals surface area contributed by atoms with Crippen molar-refractivity contribution in [1.29, 1.82) is 0 Å². The molecule has 0 spiro atoms. The van der Waals surface area contributed by atoms with Crippen LogP contribution >= 0.6 is 0 Å². The van der Waals surface area contributed by atoms with E-state index in [2.05, 4.69) is 10.4 Å². The molecule has 0 fully saturated rings. The normalized spacial score (nSPS) is 12.3. The number of nitrogens with zero attached hydrogens (tertiary/aromatic N) is 2. The molecule has 124 valence electrons. The summed E-state index contributed by atoms with van der Waals surface area (Å²) < 4.78 is 28.9. The SMILES string of the molecule is OC(CNCc1ccn(-c2ccccc2)n1)c1c(F)cccc1F. The average molecular weight is 329 g/mol. The van der Waals surface area contributed by atoms with Crippen molar-refractivity contribution in [3.63, 3.8) is 0 Å². The first-order chi connectivity index (χ1) is 11.6. The van der Waals surface area contributed by atoms with Crippen molar-refractivity contribution in [2.45, 2.75) is 12.6 Å². The van der Waals surface area contributed by atoms with E-state index in [-0.39, 0.29) is 12.1 Å². The predicted octanol–water partition coefficient (Wildman–Crippen LogP) is 2.97. The Morgan fingerprint density at radius 1 is 1.00 bits per heavy atom. The monoisotopic (exact) mass is 329 g/mol. The van der Waals surface area contributed by atoms with Crippen LogP contribution < -0.4 is 5.32 Å². The van der Waals surface area contributed by atoms with Crippen LogP contribution in [0.4, 0.5) is 8.78 Å². The van der Waals surface area contributed by atoms with Crippen molar-refractivity contribution in [2.24, 2.45) is 0 Å².